The average Bonchev–Trinajstić information content (AvgIpc) is 2.76. The molecule has 3 aromatic rings. The average molecular weight is 374 g/mol. The third-order valence-electron chi connectivity index (χ3n) is 4.97. The van der Waals surface area contributed by atoms with Crippen molar-refractivity contribution < 1.29 is 14.3 Å². The molecule has 1 heterocycles. The summed E-state index contributed by atoms with van der Waals surface area (Å²) in [7, 11) is 3.29. The standard InChI is InChI=1S/C23H22N2O3/c1-27-18-11-7-16(8-12-18)15-25-22(17-9-13-19(28-2)14-10-17)24-21-6-4-3-5-20(21)23(25)26/h3-14,22,24H,15H2,1-2H3. The summed E-state index contributed by atoms with van der Waals surface area (Å²) in [5.74, 6) is 1.59. The summed E-state index contributed by atoms with van der Waals surface area (Å²) in [5, 5.41) is 3.51. The van der Waals surface area contributed by atoms with E-state index >= 15 is 0 Å². The molecule has 0 aliphatic carbocycles. The van der Waals surface area contributed by atoms with Gasteiger partial charge >= 0.3 is 0 Å². The van der Waals surface area contributed by atoms with Gasteiger partial charge in [-0.15, -0.1) is 0 Å². The smallest absolute Gasteiger partial charge is 0.258 e. The number of para-hydroxylation sites is 1. The van der Waals surface area contributed by atoms with Crippen LogP contribution >= 0.6 is 0 Å². The predicted octanol–water partition coefficient (Wildman–Crippen LogP) is 4.47. The van der Waals surface area contributed by atoms with Crippen LogP contribution in [0, 0.1) is 0 Å². The number of nitrogens with zero attached hydrogens (tertiary/aromatic N) is 1. The van der Waals surface area contributed by atoms with Crippen molar-refractivity contribution in [1.29, 1.82) is 0 Å². The van der Waals surface area contributed by atoms with Crippen LogP contribution < -0.4 is 14.8 Å². The van der Waals surface area contributed by atoms with Crippen molar-refractivity contribution >= 4 is 11.6 Å². The first-order chi connectivity index (χ1) is 13.7. The van der Waals surface area contributed by atoms with Crippen molar-refractivity contribution in [2.75, 3.05) is 19.5 Å². The molecule has 1 N–H and O–H groups in total. The van der Waals surface area contributed by atoms with Crippen LogP contribution in [0.15, 0.2) is 72.8 Å². The first-order valence-corrected chi connectivity index (χ1v) is 9.13. The van der Waals surface area contributed by atoms with E-state index in [0.29, 0.717) is 12.1 Å². The first kappa shape index (κ1) is 17.9. The number of nitrogens with one attached hydrogen (secondary N) is 1. The number of hydrogen-bond acceptors (Lipinski definition) is 4. The zero-order chi connectivity index (χ0) is 19.5. The van der Waals surface area contributed by atoms with E-state index in [0.717, 1.165) is 28.3 Å². The second kappa shape index (κ2) is 7.64. The van der Waals surface area contributed by atoms with Gasteiger partial charge in [-0.25, -0.2) is 0 Å². The number of rotatable bonds is 5. The van der Waals surface area contributed by atoms with Gasteiger partial charge in [-0.05, 0) is 47.5 Å². The van der Waals surface area contributed by atoms with Crippen LogP contribution in [0.5, 0.6) is 11.5 Å². The highest BCUT2D eigenvalue weighted by Gasteiger charge is 2.32. The number of carbonyl (C=O) groups excluding carboxylic acids is 1. The minimum absolute atomic E-state index is 0.00554. The van der Waals surface area contributed by atoms with E-state index in [1.54, 1.807) is 14.2 Å². The lowest BCUT2D eigenvalue weighted by atomic mass is 10.0. The molecule has 0 saturated heterocycles. The van der Waals surface area contributed by atoms with E-state index in [2.05, 4.69) is 5.32 Å². The van der Waals surface area contributed by atoms with Crippen molar-refractivity contribution in [3.8, 4) is 11.5 Å². The number of hydrogen-bond donors (Lipinski definition) is 1. The van der Waals surface area contributed by atoms with Crippen LogP contribution in [-0.4, -0.2) is 25.0 Å². The van der Waals surface area contributed by atoms with Crippen molar-refractivity contribution in [3.63, 3.8) is 0 Å². The minimum Gasteiger partial charge on any atom is -0.497 e. The lowest BCUT2D eigenvalue weighted by molar-refractivity contribution is 0.0666. The molecule has 0 aromatic heterocycles. The fraction of sp³-hybridized carbons (Fsp3) is 0.174. The van der Waals surface area contributed by atoms with Crippen molar-refractivity contribution in [2.45, 2.75) is 12.7 Å². The van der Waals surface area contributed by atoms with E-state index in [1.807, 2.05) is 77.7 Å². The molecule has 1 aliphatic rings. The highest BCUT2D eigenvalue weighted by atomic mass is 16.5. The number of anilines is 1. The minimum atomic E-state index is -0.268. The molecule has 1 atom stereocenters. The molecule has 3 aromatic carbocycles. The summed E-state index contributed by atoms with van der Waals surface area (Å²) < 4.78 is 10.5. The van der Waals surface area contributed by atoms with Gasteiger partial charge in [0.1, 0.15) is 17.7 Å². The van der Waals surface area contributed by atoms with Crippen molar-refractivity contribution in [2.24, 2.45) is 0 Å². The Morgan fingerprint density at radius 1 is 0.857 bits per heavy atom. The Labute approximate surface area is 164 Å². The number of ether oxygens (including phenoxy) is 2. The molecule has 1 amide bonds. The quantitative estimate of drug-likeness (QED) is 0.716. The molecule has 1 aliphatic heterocycles. The fourth-order valence-corrected chi connectivity index (χ4v) is 3.43. The summed E-state index contributed by atoms with van der Waals surface area (Å²) in [5.41, 5.74) is 3.56. The molecule has 28 heavy (non-hydrogen) atoms. The summed E-state index contributed by atoms with van der Waals surface area (Å²) in [6.45, 7) is 0.487. The number of benzene rings is 3. The molecule has 0 saturated carbocycles. The van der Waals surface area contributed by atoms with Crippen molar-refractivity contribution in [3.05, 3.63) is 89.5 Å². The van der Waals surface area contributed by atoms with Crippen LogP contribution in [0.4, 0.5) is 5.69 Å². The van der Waals surface area contributed by atoms with Gasteiger partial charge in [0.25, 0.3) is 5.91 Å². The van der Waals surface area contributed by atoms with Gasteiger partial charge in [0, 0.05) is 12.2 Å². The van der Waals surface area contributed by atoms with E-state index in [9.17, 15) is 4.79 Å². The van der Waals surface area contributed by atoms with Crippen LogP contribution in [0.25, 0.3) is 0 Å². The van der Waals surface area contributed by atoms with Crippen LogP contribution in [0.2, 0.25) is 0 Å². The maximum Gasteiger partial charge on any atom is 0.258 e. The van der Waals surface area contributed by atoms with E-state index in [1.165, 1.54) is 0 Å². The van der Waals surface area contributed by atoms with Gasteiger partial charge in [-0.1, -0.05) is 36.4 Å². The topological polar surface area (TPSA) is 50.8 Å². The summed E-state index contributed by atoms with van der Waals surface area (Å²) in [6.07, 6.45) is -0.268. The van der Waals surface area contributed by atoms with Gasteiger partial charge in [-0.2, -0.15) is 0 Å². The Morgan fingerprint density at radius 2 is 1.46 bits per heavy atom. The van der Waals surface area contributed by atoms with Crippen molar-refractivity contribution in [1.82, 2.24) is 4.90 Å². The van der Waals surface area contributed by atoms with Crippen LogP contribution in [0.3, 0.4) is 0 Å². The Morgan fingerprint density at radius 3 is 2.11 bits per heavy atom. The fourth-order valence-electron chi connectivity index (χ4n) is 3.43. The summed E-state index contributed by atoms with van der Waals surface area (Å²) in [4.78, 5) is 15.1. The number of amides is 1. The Balaban J connectivity index is 1.70. The first-order valence-electron chi connectivity index (χ1n) is 9.13. The second-order valence-electron chi connectivity index (χ2n) is 6.65. The molecular formula is C23H22N2O3. The maximum absolute atomic E-state index is 13.3. The molecule has 0 spiro atoms. The Hall–Kier alpha value is -3.47. The van der Waals surface area contributed by atoms with Gasteiger partial charge < -0.3 is 19.7 Å². The predicted molar refractivity (Wildman–Crippen MR) is 109 cm³/mol. The molecule has 4 rings (SSSR count). The molecule has 0 fully saturated rings. The molecule has 0 bridgehead atoms. The van der Waals surface area contributed by atoms with Gasteiger partial charge in [-0.3, -0.25) is 4.79 Å². The Bertz CT molecular complexity index is 968. The van der Waals surface area contributed by atoms with Gasteiger partial charge in [0.2, 0.25) is 0 Å². The SMILES string of the molecule is COc1ccc(CN2C(=O)c3ccccc3NC2c2ccc(OC)cc2)cc1. The highest BCUT2D eigenvalue weighted by Crippen LogP contribution is 2.34. The monoisotopic (exact) mass is 374 g/mol. The maximum atomic E-state index is 13.3. The van der Waals surface area contributed by atoms with Crippen LogP contribution in [-0.2, 0) is 6.54 Å². The Kier molecular flexibility index (Phi) is 4.89. The zero-order valence-electron chi connectivity index (χ0n) is 15.9. The lowest BCUT2D eigenvalue weighted by Crippen LogP contribution is -2.42. The molecule has 1 unspecified atom stereocenters. The third-order valence-corrected chi connectivity index (χ3v) is 4.97. The molecule has 5 heteroatoms. The molecule has 5 nitrogen and oxygen atoms in total. The summed E-state index contributed by atoms with van der Waals surface area (Å²) in [6, 6.07) is 23.2. The zero-order valence-corrected chi connectivity index (χ0v) is 15.9. The number of fused-ring (bicyclic) bond motifs is 1. The van der Waals surface area contributed by atoms with Gasteiger partial charge in [0.15, 0.2) is 0 Å². The third kappa shape index (κ3) is 3.39. The summed E-state index contributed by atoms with van der Waals surface area (Å²) >= 11 is 0. The second-order valence-corrected chi connectivity index (χ2v) is 6.65. The highest BCUT2D eigenvalue weighted by molar-refractivity contribution is 6.01. The number of methoxy groups -OCH3 is 2. The van der Waals surface area contributed by atoms with E-state index < -0.39 is 0 Å². The van der Waals surface area contributed by atoms with Gasteiger partial charge in [0.05, 0.1) is 19.8 Å². The molecule has 0 radical (unpaired) electrons. The van der Waals surface area contributed by atoms with Crippen LogP contribution in [0.1, 0.15) is 27.7 Å². The molecular weight excluding hydrogens is 352 g/mol. The van der Waals surface area contributed by atoms with E-state index in [-0.39, 0.29) is 12.1 Å². The molecule has 142 valence electrons. The largest absolute Gasteiger partial charge is 0.497 e. The lowest BCUT2D eigenvalue weighted by Gasteiger charge is -2.38. The number of carbonyl (C=O) groups is 1. The van der Waals surface area contributed by atoms with E-state index in [4.69, 9.17) is 9.47 Å². The normalized spacial score (nSPS) is 15.6.